The van der Waals surface area contributed by atoms with Crippen molar-refractivity contribution < 1.29 is 22.7 Å². The Morgan fingerprint density at radius 2 is 2.08 bits per heavy atom. The number of ether oxygens (including phenoxy) is 2. The van der Waals surface area contributed by atoms with Crippen LogP contribution in [-0.2, 0) is 34.1 Å². The molecule has 1 aliphatic carbocycles. The monoisotopic (exact) mass is 522 g/mol. The summed E-state index contributed by atoms with van der Waals surface area (Å²) in [5.41, 5.74) is 6.43. The smallest absolute Gasteiger partial charge is 0.333 e. The van der Waals surface area contributed by atoms with Crippen LogP contribution in [0.25, 0.3) is 16.6 Å². The highest BCUT2D eigenvalue weighted by Crippen LogP contribution is 2.40. The lowest BCUT2D eigenvalue weighted by atomic mass is 9.93. The van der Waals surface area contributed by atoms with Gasteiger partial charge in [0.1, 0.15) is 12.7 Å². The van der Waals surface area contributed by atoms with Crippen molar-refractivity contribution in [2.45, 2.75) is 43.7 Å². The van der Waals surface area contributed by atoms with Crippen molar-refractivity contribution in [2.24, 2.45) is 0 Å². The van der Waals surface area contributed by atoms with Gasteiger partial charge in [0.25, 0.3) is 10.0 Å². The third-order valence-corrected chi connectivity index (χ3v) is 8.23. The predicted molar refractivity (Wildman–Crippen MR) is 135 cm³/mol. The fourth-order valence-electron chi connectivity index (χ4n) is 5.16. The molecule has 3 aromatic heterocycles. The number of anilines is 1. The highest BCUT2D eigenvalue weighted by Gasteiger charge is 2.31. The number of aryl methyl sites for hydroxylation is 2. The summed E-state index contributed by atoms with van der Waals surface area (Å²) in [5, 5.41) is 11.3. The Morgan fingerprint density at radius 3 is 2.92 bits per heavy atom. The van der Waals surface area contributed by atoms with Gasteiger partial charge in [-0.3, -0.25) is 0 Å². The van der Waals surface area contributed by atoms with Gasteiger partial charge in [-0.25, -0.2) is 27.1 Å². The number of sulfonamides is 1. The lowest BCUT2D eigenvalue weighted by Crippen LogP contribution is -2.36. The van der Waals surface area contributed by atoms with Gasteiger partial charge in [-0.15, -0.1) is 0 Å². The minimum Gasteiger partial charge on any atom is -0.474 e. The SMILES string of the molecule is CO[C@@H]1COc2c(S(=O)(=O)NC(=O)Nc3c4c(cc(C)c3-c3ccc5ccnn5c3)CCC4)cnn2C1. The lowest BCUT2D eigenvalue weighted by Gasteiger charge is -2.23. The van der Waals surface area contributed by atoms with Crippen LogP contribution in [0.5, 0.6) is 5.88 Å². The van der Waals surface area contributed by atoms with Gasteiger partial charge in [0.15, 0.2) is 4.90 Å². The van der Waals surface area contributed by atoms with Crippen LogP contribution in [0, 0.1) is 6.92 Å². The molecule has 6 rings (SSSR count). The molecule has 0 radical (unpaired) electrons. The number of urea groups is 1. The molecule has 2 N–H and O–H groups in total. The average Bonchev–Trinajstić information content (AvgIpc) is 3.62. The van der Waals surface area contributed by atoms with Crippen LogP contribution in [-0.4, -0.2) is 53.7 Å². The molecule has 37 heavy (non-hydrogen) atoms. The van der Waals surface area contributed by atoms with Crippen LogP contribution in [0.3, 0.4) is 0 Å². The molecule has 0 fully saturated rings. The van der Waals surface area contributed by atoms with Gasteiger partial charge in [0.05, 0.1) is 23.9 Å². The Balaban J connectivity index is 1.33. The Kier molecular flexibility index (Phi) is 5.64. The zero-order chi connectivity index (χ0) is 25.7. The van der Waals surface area contributed by atoms with Gasteiger partial charge in [-0.05, 0) is 55.0 Å². The molecule has 0 unspecified atom stereocenters. The summed E-state index contributed by atoms with van der Waals surface area (Å²) < 4.78 is 42.5. The molecule has 2 amide bonds. The van der Waals surface area contributed by atoms with E-state index in [9.17, 15) is 13.2 Å². The third-order valence-electron chi connectivity index (χ3n) is 6.91. The average molecular weight is 523 g/mol. The molecule has 2 aliphatic rings. The number of fused-ring (bicyclic) bond motifs is 3. The van der Waals surface area contributed by atoms with Crippen molar-refractivity contribution in [2.75, 3.05) is 19.0 Å². The number of carbonyl (C=O) groups is 1. The normalized spacial score (nSPS) is 16.8. The van der Waals surface area contributed by atoms with Crippen LogP contribution in [0.1, 0.15) is 23.1 Å². The summed E-state index contributed by atoms with van der Waals surface area (Å²) in [6.45, 7) is 2.54. The fraction of sp³-hybridized carbons (Fsp3) is 0.320. The molecule has 4 aromatic rings. The summed E-state index contributed by atoms with van der Waals surface area (Å²) >= 11 is 0. The van der Waals surface area contributed by atoms with Gasteiger partial charge in [-0.1, -0.05) is 12.1 Å². The molecule has 1 aromatic carbocycles. The van der Waals surface area contributed by atoms with Crippen LogP contribution < -0.4 is 14.8 Å². The number of rotatable bonds is 5. The van der Waals surface area contributed by atoms with Gasteiger partial charge < -0.3 is 14.8 Å². The molecule has 1 atom stereocenters. The molecule has 11 nitrogen and oxygen atoms in total. The highest BCUT2D eigenvalue weighted by molar-refractivity contribution is 7.90. The van der Waals surface area contributed by atoms with E-state index in [1.54, 1.807) is 17.8 Å². The standard InChI is InChI=1S/C25H26N6O5S/c1-15-10-16-4-3-5-20(16)23(22(15)17-6-7-18-8-9-26-30(18)12-17)28-25(32)29-37(33,34)21-11-27-31-13-19(35-2)14-36-24(21)31/h6-12,19H,3-5,13-14H2,1-2H3,(H2,28,29,32)/t19-/m0/s1. The molecule has 12 heteroatoms. The van der Waals surface area contributed by atoms with Crippen LogP contribution in [0.4, 0.5) is 10.5 Å². The molecule has 0 saturated carbocycles. The van der Waals surface area contributed by atoms with E-state index in [1.807, 2.05) is 31.3 Å². The largest absolute Gasteiger partial charge is 0.474 e. The number of aromatic nitrogens is 4. The topological polar surface area (TPSA) is 129 Å². The zero-order valence-electron chi connectivity index (χ0n) is 20.4. The first-order chi connectivity index (χ1) is 17.8. The second-order valence-corrected chi connectivity index (χ2v) is 10.9. The predicted octanol–water partition coefficient (Wildman–Crippen LogP) is 2.91. The van der Waals surface area contributed by atoms with E-state index in [4.69, 9.17) is 9.47 Å². The van der Waals surface area contributed by atoms with Crippen LogP contribution >= 0.6 is 0 Å². The van der Waals surface area contributed by atoms with E-state index in [-0.39, 0.29) is 23.5 Å². The molecule has 192 valence electrons. The van der Waals surface area contributed by atoms with Crippen molar-refractivity contribution in [3.8, 4) is 17.0 Å². The number of hydrogen-bond donors (Lipinski definition) is 2. The number of amides is 2. The van der Waals surface area contributed by atoms with Crippen molar-refractivity contribution in [3.05, 3.63) is 59.5 Å². The quantitative estimate of drug-likeness (QED) is 0.412. The Morgan fingerprint density at radius 1 is 1.22 bits per heavy atom. The Bertz CT molecular complexity index is 1640. The molecular weight excluding hydrogens is 496 g/mol. The van der Waals surface area contributed by atoms with Crippen molar-refractivity contribution >= 4 is 27.3 Å². The van der Waals surface area contributed by atoms with Gasteiger partial charge in [0.2, 0.25) is 5.88 Å². The van der Waals surface area contributed by atoms with E-state index in [0.717, 1.165) is 52.6 Å². The summed E-state index contributed by atoms with van der Waals surface area (Å²) in [7, 11) is -2.70. The Hall–Kier alpha value is -3.90. The summed E-state index contributed by atoms with van der Waals surface area (Å²) in [6.07, 6.45) is 7.24. The number of pyridine rings is 1. The highest BCUT2D eigenvalue weighted by atomic mass is 32.2. The number of methoxy groups -OCH3 is 1. The second-order valence-electron chi connectivity index (χ2n) is 9.28. The first-order valence-electron chi connectivity index (χ1n) is 12.0. The maximum absolute atomic E-state index is 13.1. The van der Waals surface area contributed by atoms with Crippen LogP contribution in [0.2, 0.25) is 0 Å². The van der Waals surface area contributed by atoms with Crippen LogP contribution in [0.15, 0.2) is 47.8 Å². The molecule has 4 heterocycles. The zero-order valence-corrected chi connectivity index (χ0v) is 21.2. The van der Waals surface area contributed by atoms with E-state index >= 15 is 0 Å². The third kappa shape index (κ3) is 4.11. The fourth-order valence-corrected chi connectivity index (χ4v) is 6.14. The van der Waals surface area contributed by atoms with E-state index in [1.165, 1.54) is 10.9 Å². The molecule has 0 bridgehead atoms. The first kappa shape index (κ1) is 23.5. The number of nitrogens with zero attached hydrogens (tertiary/aromatic N) is 4. The van der Waals surface area contributed by atoms with E-state index in [2.05, 4.69) is 26.3 Å². The summed E-state index contributed by atoms with van der Waals surface area (Å²) in [5.74, 6) is 0.0817. The number of hydrogen-bond acceptors (Lipinski definition) is 7. The summed E-state index contributed by atoms with van der Waals surface area (Å²) in [6, 6.07) is 7.14. The Labute approximate surface area is 213 Å². The van der Waals surface area contributed by atoms with Gasteiger partial charge in [0, 0.05) is 30.6 Å². The van der Waals surface area contributed by atoms with Crippen molar-refractivity contribution in [3.63, 3.8) is 0 Å². The maximum atomic E-state index is 13.1. The van der Waals surface area contributed by atoms with Gasteiger partial charge in [-0.2, -0.15) is 10.2 Å². The minimum atomic E-state index is -4.25. The first-order valence-corrected chi connectivity index (χ1v) is 13.5. The lowest BCUT2D eigenvalue weighted by molar-refractivity contribution is 0.0165. The molecule has 0 spiro atoms. The molecule has 0 saturated heterocycles. The van der Waals surface area contributed by atoms with Crippen molar-refractivity contribution in [1.29, 1.82) is 0 Å². The minimum absolute atomic E-state index is 0.0817. The maximum Gasteiger partial charge on any atom is 0.333 e. The van der Waals surface area contributed by atoms with Gasteiger partial charge >= 0.3 is 6.03 Å². The summed E-state index contributed by atoms with van der Waals surface area (Å²) in [4.78, 5) is 13.0. The number of carbonyl (C=O) groups excluding carboxylic acids is 1. The second kappa shape index (κ2) is 8.89. The van der Waals surface area contributed by atoms with Crippen molar-refractivity contribution in [1.82, 2.24) is 24.1 Å². The number of benzene rings is 1. The molecular formula is C25H26N6O5S. The van der Waals surface area contributed by atoms with E-state index in [0.29, 0.717) is 12.2 Å². The number of nitrogens with one attached hydrogen (secondary N) is 2. The van der Waals surface area contributed by atoms with E-state index < -0.39 is 16.1 Å². The molecule has 1 aliphatic heterocycles.